The Labute approximate surface area is 123 Å². The standard InChI is InChI=1S/C17H29NO2/c1-17(2,3)18-13-9-5-6-10-14-20-16-12-8-7-11-15(16)19-4/h7-8,11-12,18H,5-6,9-10,13-14H2,1-4H3. The SMILES string of the molecule is COc1ccccc1OCCCCCCNC(C)(C)C. The Morgan fingerprint density at radius 3 is 2.25 bits per heavy atom. The Kier molecular flexibility index (Phi) is 7.45. The molecule has 0 atom stereocenters. The minimum atomic E-state index is 0.229. The second-order valence-corrected chi connectivity index (χ2v) is 6.09. The van der Waals surface area contributed by atoms with Gasteiger partial charge in [-0.3, -0.25) is 0 Å². The van der Waals surface area contributed by atoms with Gasteiger partial charge in [-0.15, -0.1) is 0 Å². The van der Waals surface area contributed by atoms with E-state index >= 15 is 0 Å². The first kappa shape index (κ1) is 16.8. The van der Waals surface area contributed by atoms with Gasteiger partial charge in [-0.25, -0.2) is 0 Å². The first-order valence-electron chi connectivity index (χ1n) is 7.54. The van der Waals surface area contributed by atoms with E-state index in [2.05, 4.69) is 26.1 Å². The predicted molar refractivity (Wildman–Crippen MR) is 84.7 cm³/mol. The number of nitrogens with one attached hydrogen (secondary N) is 1. The number of ether oxygens (including phenoxy) is 2. The number of hydrogen-bond donors (Lipinski definition) is 1. The van der Waals surface area contributed by atoms with Crippen LogP contribution in [0.25, 0.3) is 0 Å². The van der Waals surface area contributed by atoms with Crippen molar-refractivity contribution < 1.29 is 9.47 Å². The summed E-state index contributed by atoms with van der Waals surface area (Å²) in [4.78, 5) is 0. The number of unbranched alkanes of at least 4 members (excludes halogenated alkanes) is 3. The summed E-state index contributed by atoms with van der Waals surface area (Å²) in [5.74, 6) is 1.64. The van der Waals surface area contributed by atoms with Gasteiger partial charge in [0.05, 0.1) is 13.7 Å². The normalized spacial score (nSPS) is 11.4. The monoisotopic (exact) mass is 279 g/mol. The topological polar surface area (TPSA) is 30.5 Å². The smallest absolute Gasteiger partial charge is 0.161 e. The van der Waals surface area contributed by atoms with Crippen molar-refractivity contribution in [2.24, 2.45) is 0 Å². The molecule has 1 rings (SSSR count). The molecule has 114 valence electrons. The Morgan fingerprint density at radius 1 is 0.950 bits per heavy atom. The van der Waals surface area contributed by atoms with Gasteiger partial charge in [0.25, 0.3) is 0 Å². The summed E-state index contributed by atoms with van der Waals surface area (Å²) in [6.45, 7) is 8.46. The molecular weight excluding hydrogens is 250 g/mol. The van der Waals surface area contributed by atoms with Crippen molar-refractivity contribution in [3.63, 3.8) is 0 Å². The summed E-state index contributed by atoms with van der Waals surface area (Å²) >= 11 is 0. The van der Waals surface area contributed by atoms with E-state index in [1.54, 1.807) is 7.11 Å². The van der Waals surface area contributed by atoms with Gasteiger partial charge in [0, 0.05) is 5.54 Å². The van der Waals surface area contributed by atoms with E-state index < -0.39 is 0 Å². The van der Waals surface area contributed by atoms with Crippen LogP contribution in [0.1, 0.15) is 46.5 Å². The molecule has 0 aliphatic carbocycles. The van der Waals surface area contributed by atoms with E-state index in [0.717, 1.165) is 31.1 Å². The summed E-state index contributed by atoms with van der Waals surface area (Å²) in [5, 5.41) is 3.51. The zero-order valence-electron chi connectivity index (χ0n) is 13.4. The summed E-state index contributed by atoms with van der Waals surface area (Å²) < 4.78 is 11.0. The quantitative estimate of drug-likeness (QED) is 0.692. The highest BCUT2D eigenvalue weighted by Gasteiger charge is 2.07. The average molecular weight is 279 g/mol. The molecule has 0 fully saturated rings. The van der Waals surface area contributed by atoms with Crippen LogP contribution in [0.4, 0.5) is 0 Å². The maximum atomic E-state index is 5.75. The van der Waals surface area contributed by atoms with E-state index in [1.807, 2.05) is 24.3 Å². The van der Waals surface area contributed by atoms with E-state index in [9.17, 15) is 0 Å². The highest BCUT2D eigenvalue weighted by Crippen LogP contribution is 2.25. The third-order valence-corrected chi connectivity index (χ3v) is 3.05. The Hall–Kier alpha value is -1.22. The molecule has 0 saturated heterocycles. The average Bonchev–Trinajstić information content (AvgIpc) is 2.41. The van der Waals surface area contributed by atoms with Crippen LogP contribution in [0.2, 0.25) is 0 Å². The third-order valence-electron chi connectivity index (χ3n) is 3.05. The fraction of sp³-hybridized carbons (Fsp3) is 0.647. The highest BCUT2D eigenvalue weighted by atomic mass is 16.5. The fourth-order valence-corrected chi connectivity index (χ4v) is 1.96. The minimum absolute atomic E-state index is 0.229. The Morgan fingerprint density at radius 2 is 1.60 bits per heavy atom. The van der Waals surface area contributed by atoms with Gasteiger partial charge in [0.1, 0.15) is 0 Å². The third kappa shape index (κ3) is 7.39. The number of hydrogen-bond acceptors (Lipinski definition) is 3. The number of rotatable bonds is 9. The molecule has 3 nitrogen and oxygen atoms in total. The van der Waals surface area contributed by atoms with Crippen LogP contribution in [0.3, 0.4) is 0 Å². The van der Waals surface area contributed by atoms with Crippen LogP contribution < -0.4 is 14.8 Å². The number of methoxy groups -OCH3 is 1. The second-order valence-electron chi connectivity index (χ2n) is 6.09. The van der Waals surface area contributed by atoms with Crippen LogP contribution in [0, 0.1) is 0 Å². The van der Waals surface area contributed by atoms with Gasteiger partial charge in [0.2, 0.25) is 0 Å². The Bertz CT molecular complexity index is 371. The zero-order valence-corrected chi connectivity index (χ0v) is 13.4. The van der Waals surface area contributed by atoms with E-state index in [1.165, 1.54) is 19.3 Å². The molecule has 1 aromatic rings. The van der Waals surface area contributed by atoms with Gasteiger partial charge in [-0.05, 0) is 52.3 Å². The van der Waals surface area contributed by atoms with Crippen LogP contribution in [0.5, 0.6) is 11.5 Å². The lowest BCUT2D eigenvalue weighted by molar-refractivity contribution is 0.284. The highest BCUT2D eigenvalue weighted by molar-refractivity contribution is 5.39. The largest absolute Gasteiger partial charge is 0.493 e. The van der Waals surface area contributed by atoms with E-state index in [0.29, 0.717) is 0 Å². The number of para-hydroxylation sites is 2. The maximum absolute atomic E-state index is 5.75. The number of benzene rings is 1. The molecule has 0 aliphatic heterocycles. The molecule has 3 heteroatoms. The van der Waals surface area contributed by atoms with Gasteiger partial charge in [0.15, 0.2) is 11.5 Å². The molecule has 0 bridgehead atoms. The van der Waals surface area contributed by atoms with Gasteiger partial charge in [-0.1, -0.05) is 25.0 Å². The summed E-state index contributed by atoms with van der Waals surface area (Å²) in [6.07, 6.45) is 4.78. The first-order chi connectivity index (χ1) is 9.53. The van der Waals surface area contributed by atoms with Crippen molar-refractivity contribution in [2.75, 3.05) is 20.3 Å². The van der Waals surface area contributed by atoms with Crippen LogP contribution in [0.15, 0.2) is 24.3 Å². The molecule has 0 unspecified atom stereocenters. The molecule has 0 radical (unpaired) electrons. The van der Waals surface area contributed by atoms with Crippen molar-refractivity contribution in [1.82, 2.24) is 5.32 Å². The van der Waals surface area contributed by atoms with Gasteiger partial charge < -0.3 is 14.8 Å². The lowest BCUT2D eigenvalue weighted by Gasteiger charge is -2.20. The molecule has 20 heavy (non-hydrogen) atoms. The van der Waals surface area contributed by atoms with E-state index in [4.69, 9.17) is 9.47 Å². The van der Waals surface area contributed by atoms with Crippen molar-refractivity contribution in [1.29, 1.82) is 0 Å². The van der Waals surface area contributed by atoms with Gasteiger partial charge in [-0.2, -0.15) is 0 Å². The van der Waals surface area contributed by atoms with Crippen LogP contribution in [-0.2, 0) is 0 Å². The predicted octanol–water partition coefficient (Wildman–Crippen LogP) is 4.02. The first-order valence-corrected chi connectivity index (χ1v) is 7.54. The molecule has 1 aromatic carbocycles. The van der Waals surface area contributed by atoms with Crippen LogP contribution in [-0.4, -0.2) is 25.8 Å². The van der Waals surface area contributed by atoms with Gasteiger partial charge >= 0.3 is 0 Å². The van der Waals surface area contributed by atoms with Crippen molar-refractivity contribution >= 4 is 0 Å². The summed E-state index contributed by atoms with van der Waals surface area (Å²) in [6, 6.07) is 7.80. The Balaban J connectivity index is 2.05. The molecule has 0 aliphatic rings. The van der Waals surface area contributed by atoms with Crippen molar-refractivity contribution in [3.8, 4) is 11.5 Å². The lowest BCUT2D eigenvalue weighted by atomic mass is 10.1. The molecule has 0 spiro atoms. The second kappa shape index (κ2) is 8.85. The van der Waals surface area contributed by atoms with Crippen molar-refractivity contribution in [3.05, 3.63) is 24.3 Å². The maximum Gasteiger partial charge on any atom is 0.161 e. The van der Waals surface area contributed by atoms with Crippen molar-refractivity contribution in [2.45, 2.75) is 52.0 Å². The molecule has 0 aromatic heterocycles. The molecule has 0 saturated carbocycles. The molecule has 0 heterocycles. The lowest BCUT2D eigenvalue weighted by Crippen LogP contribution is -2.36. The molecular formula is C17H29NO2. The summed E-state index contributed by atoms with van der Waals surface area (Å²) in [5.41, 5.74) is 0.229. The summed E-state index contributed by atoms with van der Waals surface area (Å²) in [7, 11) is 1.67. The minimum Gasteiger partial charge on any atom is -0.493 e. The van der Waals surface area contributed by atoms with Crippen LogP contribution >= 0.6 is 0 Å². The molecule has 0 amide bonds. The van der Waals surface area contributed by atoms with E-state index in [-0.39, 0.29) is 5.54 Å². The zero-order chi connectivity index (χ0) is 14.8. The molecule has 1 N–H and O–H groups in total. The fourth-order valence-electron chi connectivity index (χ4n) is 1.96.